The average molecular weight is 376 g/mol. The van der Waals surface area contributed by atoms with Gasteiger partial charge in [0.25, 0.3) is 0 Å². The Hall–Kier alpha value is -3.37. The molecule has 0 radical (unpaired) electrons. The molecule has 0 aliphatic carbocycles. The van der Waals surface area contributed by atoms with Gasteiger partial charge in [0.15, 0.2) is 0 Å². The molecule has 4 rings (SSSR count). The molecular weight excluding hydrogens is 362 g/mol. The topological polar surface area (TPSA) is 51.8 Å². The molecule has 3 aromatic carbocycles. The van der Waals surface area contributed by atoms with Crippen LogP contribution < -0.4 is 10.4 Å². The van der Waals surface area contributed by atoms with Gasteiger partial charge < -0.3 is 9.15 Å². The molecule has 0 saturated heterocycles. The molecule has 1 heterocycles. The number of hydrogen-bond donors (Lipinski definition) is 0. The molecule has 4 aromatic rings. The van der Waals surface area contributed by atoms with Gasteiger partial charge in [0.1, 0.15) is 17.1 Å². The van der Waals surface area contributed by atoms with Crippen molar-refractivity contribution in [1.29, 1.82) is 0 Å². The average Bonchev–Trinajstić information content (AvgIpc) is 2.68. The summed E-state index contributed by atoms with van der Waals surface area (Å²) in [4.78, 5) is 16.1. The second-order valence-electron chi connectivity index (χ2n) is 5.80. The van der Waals surface area contributed by atoms with E-state index in [1.54, 1.807) is 30.5 Å². The Balaban J connectivity index is 1.57. The highest BCUT2D eigenvalue weighted by molar-refractivity contribution is 6.33. The summed E-state index contributed by atoms with van der Waals surface area (Å²) in [6.07, 6.45) is 1.72. The Bertz CT molecular complexity index is 1180. The molecule has 0 aliphatic rings. The number of benzene rings is 3. The predicted molar refractivity (Wildman–Crippen MR) is 108 cm³/mol. The van der Waals surface area contributed by atoms with Crippen LogP contribution in [-0.4, -0.2) is 6.21 Å². The summed E-state index contributed by atoms with van der Waals surface area (Å²) in [5.74, 6) is 1.05. The minimum atomic E-state index is -0.454. The molecule has 1 aromatic heterocycles. The van der Waals surface area contributed by atoms with E-state index in [-0.39, 0.29) is 0 Å². The van der Waals surface area contributed by atoms with Crippen molar-refractivity contribution in [2.75, 3.05) is 0 Å². The molecule has 0 aliphatic heterocycles. The third kappa shape index (κ3) is 3.91. The van der Waals surface area contributed by atoms with Gasteiger partial charge in [0.2, 0.25) is 0 Å². The summed E-state index contributed by atoms with van der Waals surface area (Å²) >= 11 is 6.12. The lowest BCUT2D eigenvalue weighted by Gasteiger charge is -2.08. The standard InChI is InChI=1S/C22H14ClNO3/c23-19-7-3-1-5-15(19)14-24-16-9-11-17(12-10-16)26-21-13-22(25)27-20-8-4-2-6-18(20)21/h1-14H. The number of halogens is 1. The van der Waals surface area contributed by atoms with Crippen LogP contribution in [0.4, 0.5) is 5.69 Å². The number of aliphatic imine (C=N–C) groups is 1. The Labute approximate surface area is 160 Å². The van der Waals surface area contributed by atoms with Gasteiger partial charge in [0.05, 0.1) is 17.1 Å². The summed E-state index contributed by atoms with van der Waals surface area (Å²) in [5, 5.41) is 1.38. The van der Waals surface area contributed by atoms with Crippen molar-refractivity contribution >= 4 is 34.5 Å². The predicted octanol–water partition coefficient (Wildman–Crippen LogP) is 5.99. The van der Waals surface area contributed by atoms with Crippen molar-refractivity contribution in [3.8, 4) is 11.5 Å². The van der Waals surface area contributed by atoms with Crippen molar-refractivity contribution < 1.29 is 9.15 Å². The quantitative estimate of drug-likeness (QED) is 0.325. The number of rotatable bonds is 4. The SMILES string of the molecule is O=c1cc(Oc2ccc(N=Cc3ccccc3Cl)cc2)c2ccccc2o1. The van der Waals surface area contributed by atoms with Crippen LogP contribution in [0.25, 0.3) is 11.0 Å². The third-order valence-electron chi connectivity index (χ3n) is 3.93. The van der Waals surface area contributed by atoms with Crippen LogP contribution >= 0.6 is 11.6 Å². The molecule has 0 fully saturated rings. The summed E-state index contributed by atoms with van der Waals surface area (Å²) < 4.78 is 11.1. The number of ether oxygens (including phenoxy) is 1. The van der Waals surface area contributed by atoms with Crippen molar-refractivity contribution in [2.24, 2.45) is 4.99 Å². The molecule has 0 unspecified atom stereocenters. The van der Waals surface area contributed by atoms with Gasteiger partial charge in [-0.15, -0.1) is 0 Å². The maximum Gasteiger partial charge on any atom is 0.339 e. The molecule has 0 atom stereocenters. The van der Waals surface area contributed by atoms with Gasteiger partial charge in [-0.25, -0.2) is 4.79 Å². The molecule has 4 nitrogen and oxygen atoms in total. The summed E-state index contributed by atoms with van der Waals surface area (Å²) in [5.41, 5.74) is 1.65. The molecule has 5 heteroatoms. The van der Waals surface area contributed by atoms with E-state index in [4.69, 9.17) is 20.8 Å². The normalized spacial score (nSPS) is 11.1. The fraction of sp³-hybridized carbons (Fsp3) is 0. The molecule has 0 saturated carbocycles. The van der Waals surface area contributed by atoms with Crippen molar-refractivity contribution in [3.63, 3.8) is 0 Å². The van der Waals surface area contributed by atoms with Crippen LogP contribution in [0.5, 0.6) is 11.5 Å². The van der Waals surface area contributed by atoms with Crippen molar-refractivity contribution in [2.45, 2.75) is 0 Å². The minimum Gasteiger partial charge on any atom is -0.456 e. The first kappa shape index (κ1) is 17.1. The Morgan fingerprint density at radius 3 is 2.48 bits per heavy atom. The Morgan fingerprint density at radius 1 is 0.926 bits per heavy atom. The highest BCUT2D eigenvalue weighted by atomic mass is 35.5. The summed E-state index contributed by atoms with van der Waals surface area (Å²) in [7, 11) is 0. The maximum absolute atomic E-state index is 11.7. The van der Waals surface area contributed by atoms with E-state index in [9.17, 15) is 4.79 Å². The Kier molecular flexibility index (Phi) is 4.73. The molecular formula is C22H14ClNO3. The van der Waals surface area contributed by atoms with Crippen LogP contribution in [0, 0.1) is 0 Å². The van der Waals surface area contributed by atoms with Gasteiger partial charge in [-0.2, -0.15) is 0 Å². The maximum atomic E-state index is 11.7. The van der Waals surface area contributed by atoms with E-state index in [0.29, 0.717) is 22.1 Å². The largest absolute Gasteiger partial charge is 0.456 e. The van der Waals surface area contributed by atoms with Crippen molar-refractivity contribution in [1.82, 2.24) is 0 Å². The number of hydrogen-bond acceptors (Lipinski definition) is 4. The van der Waals surface area contributed by atoms with Gasteiger partial charge in [-0.05, 0) is 42.5 Å². The fourth-order valence-corrected chi connectivity index (χ4v) is 2.80. The van der Waals surface area contributed by atoms with Gasteiger partial charge in [-0.3, -0.25) is 4.99 Å². The van der Waals surface area contributed by atoms with E-state index in [1.807, 2.05) is 48.5 Å². The van der Waals surface area contributed by atoms with E-state index >= 15 is 0 Å². The number of fused-ring (bicyclic) bond motifs is 1. The van der Waals surface area contributed by atoms with E-state index < -0.39 is 5.63 Å². The lowest BCUT2D eigenvalue weighted by molar-refractivity contribution is 0.475. The highest BCUT2D eigenvalue weighted by Crippen LogP contribution is 2.29. The summed E-state index contributed by atoms with van der Waals surface area (Å²) in [6.45, 7) is 0. The second kappa shape index (κ2) is 7.48. The number of para-hydroxylation sites is 1. The van der Waals surface area contributed by atoms with Crippen LogP contribution in [0.15, 0.2) is 93.1 Å². The van der Waals surface area contributed by atoms with Crippen LogP contribution in [0.3, 0.4) is 0 Å². The molecule has 0 amide bonds. The van der Waals surface area contributed by atoms with Gasteiger partial charge in [-0.1, -0.05) is 41.9 Å². The zero-order valence-electron chi connectivity index (χ0n) is 14.1. The first-order chi connectivity index (χ1) is 13.2. The van der Waals surface area contributed by atoms with Gasteiger partial charge >= 0.3 is 5.63 Å². The highest BCUT2D eigenvalue weighted by Gasteiger charge is 2.07. The third-order valence-corrected chi connectivity index (χ3v) is 4.28. The van der Waals surface area contributed by atoms with E-state index in [0.717, 1.165) is 16.6 Å². The molecule has 0 spiro atoms. The van der Waals surface area contributed by atoms with Crippen molar-refractivity contribution in [3.05, 3.63) is 99.9 Å². The Morgan fingerprint density at radius 2 is 1.67 bits per heavy atom. The smallest absolute Gasteiger partial charge is 0.339 e. The minimum absolute atomic E-state index is 0.453. The summed E-state index contributed by atoms with van der Waals surface area (Å²) in [6, 6.07) is 23.3. The van der Waals surface area contributed by atoms with Crippen LogP contribution in [0.1, 0.15) is 5.56 Å². The fourth-order valence-electron chi connectivity index (χ4n) is 2.62. The lowest BCUT2D eigenvalue weighted by Crippen LogP contribution is -1.98. The van der Waals surface area contributed by atoms with Gasteiger partial charge in [0, 0.05) is 16.8 Å². The monoisotopic (exact) mass is 375 g/mol. The lowest BCUT2D eigenvalue weighted by atomic mass is 10.2. The molecule has 0 N–H and O–H groups in total. The molecule has 0 bridgehead atoms. The first-order valence-electron chi connectivity index (χ1n) is 8.28. The van der Waals surface area contributed by atoms with Crippen LogP contribution in [-0.2, 0) is 0 Å². The first-order valence-corrected chi connectivity index (χ1v) is 8.66. The van der Waals surface area contributed by atoms with Crippen LogP contribution in [0.2, 0.25) is 5.02 Å². The van der Waals surface area contributed by atoms with E-state index in [1.165, 1.54) is 6.07 Å². The second-order valence-corrected chi connectivity index (χ2v) is 6.21. The number of nitrogens with zero attached hydrogens (tertiary/aromatic N) is 1. The zero-order valence-corrected chi connectivity index (χ0v) is 14.9. The molecule has 132 valence electrons. The zero-order chi connectivity index (χ0) is 18.6. The van der Waals surface area contributed by atoms with E-state index in [2.05, 4.69) is 4.99 Å². The molecule has 27 heavy (non-hydrogen) atoms.